The molecular formula is C9H9NO3. The van der Waals surface area contributed by atoms with Crippen LogP contribution in [-0.2, 0) is 0 Å². The van der Waals surface area contributed by atoms with E-state index < -0.39 is 0 Å². The molecule has 0 unspecified atom stereocenters. The molecule has 1 aromatic carbocycles. The van der Waals surface area contributed by atoms with Crippen molar-refractivity contribution in [2.24, 2.45) is 5.16 Å². The minimum atomic E-state index is 0.562. The van der Waals surface area contributed by atoms with Crippen LogP contribution < -0.4 is 9.47 Å². The van der Waals surface area contributed by atoms with Gasteiger partial charge in [0.15, 0.2) is 11.5 Å². The molecule has 1 heterocycles. The summed E-state index contributed by atoms with van der Waals surface area (Å²) in [6.07, 6.45) is 1.35. The number of ether oxygens (including phenoxy) is 2. The van der Waals surface area contributed by atoms with E-state index in [2.05, 4.69) is 5.16 Å². The lowest BCUT2D eigenvalue weighted by Gasteiger charge is -2.18. The minimum Gasteiger partial charge on any atom is -0.486 e. The van der Waals surface area contributed by atoms with Crippen LogP contribution in [0.1, 0.15) is 5.56 Å². The van der Waals surface area contributed by atoms with Crippen LogP contribution in [0.25, 0.3) is 0 Å². The zero-order valence-corrected chi connectivity index (χ0v) is 6.93. The summed E-state index contributed by atoms with van der Waals surface area (Å²) in [7, 11) is 0. The third-order valence-electron chi connectivity index (χ3n) is 1.77. The quantitative estimate of drug-likeness (QED) is 0.401. The summed E-state index contributed by atoms with van der Waals surface area (Å²) in [4.78, 5) is 0. The molecule has 4 heteroatoms. The van der Waals surface area contributed by atoms with Gasteiger partial charge in [0.2, 0.25) is 0 Å². The first-order valence-corrected chi connectivity index (χ1v) is 3.97. The molecule has 1 N–H and O–H groups in total. The molecule has 0 aromatic heterocycles. The first-order valence-electron chi connectivity index (χ1n) is 3.97. The summed E-state index contributed by atoms with van der Waals surface area (Å²) in [5.41, 5.74) is 0.784. The lowest BCUT2D eigenvalue weighted by Crippen LogP contribution is -2.15. The van der Waals surface area contributed by atoms with E-state index in [9.17, 15) is 0 Å². The third kappa shape index (κ3) is 1.56. The van der Waals surface area contributed by atoms with Crippen LogP contribution >= 0.6 is 0 Å². The first kappa shape index (κ1) is 7.91. The Morgan fingerprint density at radius 2 is 2.00 bits per heavy atom. The number of fused-ring (bicyclic) bond motifs is 1. The van der Waals surface area contributed by atoms with Gasteiger partial charge in [0.05, 0.1) is 6.21 Å². The first-order chi connectivity index (χ1) is 6.40. The fourth-order valence-electron chi connectivity index (χ4n) is 1.21. The molecule has 0 fully saturated rings. The highest BCUT2D eigenvalue weighted by atomic mass is 16.6. The zero-order chi connectivity index (χ0) is 9.10. The Bertz CT molecular complexity index is 336. The van der Waals surface area contributed by atoms with Crippen molar-refractivity contribution < 1.29 is 14.7 Å². The number of nitrogens with zero attached hydrogens (tertiary/aromatic N) is 1. The predicted molar refractivity (Wildman–Crippen MR) is 46.8 cm³/mol. The maximum Gasteiger partial charge on any atom is 0.162 e. The smallest absolute Gasteiger partial charge is 0.162 e. The van der Waals surface area contributed by atoms with E-state index in [1.165, 1.54) is 6.21 Å². The molecule has 0 spiro atoms. The third-order valence-corrected chi connectivity index (χ3v) is 1.77. The Morgan fingerprint density at radius 1 is 1.23 bits per heavy atom. The van der Waals surface area contributed by atoms with Crippen LogP contribution in [0.4, 0.5) is 0 Å². The number of rotatable bonds is 1. The van der Waals surface area contributed by atoms with Crippen LogP contribution in [-0.4, -0.2) is 24.6 Å². The molecule has 2 rings (SSSR count). The number of hydrogen-bond acceptors (Lipinski definition) is 4. The molecule has 0 aliphatic carbocycles. The van der Waals surface area contributed by atoms with E-state index in [0.717, 1.165) is 11.3 Å². The van der Waals surface area contributed by atoms with Crippen LogP contribution in [0.2, 0.25) is 0 Å². The van der Waals surface area contributed by atoms with Gasteiger partial charge < -0.3 is 14.7 Å². The normalized spacial score (nSPS) is 14.8. The Kier molecular flexibility index (Phi) is 2.04. The van der Waals surface area contributed by atoms with Crippen molar-refractivity contribution in [2.75, 3.05) is 13.2 Å². The van der Waals surface area contributed by atoms with Gasteiger partial charge in [-0.1, -0.05) is 5.16 Å². The molecular weight excluding hydrogens is 170 g/mol. The maximum absolute atomic E-state index is 8.32. The molecule has 0 atom stereocenters. The van der Waals surface area contributed by atoms with E-state index in [4.69, 9.17) is 14.7 Å². The van der Waals surface area contributed by atoms with E-state index in [0.29, 0.717) is 19.0 Å². The zero-order valence-electron chi connectivity index (χ0n) is 6.93. The Morgan fingerprint density at radius 3 is 2.77 bits per heavy atom. The summed E-state index contributed by atoms with van der Waals surface area (Å²) >= 11 is 0. The minimum absolute atomic E-state index is 0.562. The monoisotopic (exact) mass is 179 g/mol. The van der Waals surface area contributed by atoms with Crippen molar-refractivity contribution in [1.82, 2.24) is 0 Å². The average molecular weight is 179 g/mol. The van der Waals surface area contributed by atoms with Crippen LogP contribution in [0, 0.1) is 0 Å². The van der Waals surface area contributed by atoms with Crippen molar-refractivity contribution in [3.8, 4) is 11.5 Å². The highest BCUT2D eigenvalue weighted by Crippen LogP contribution is 2.30. The highest BCUT2D eigenvalue weighted by Gasteiger charge is 2.10. The van der Waals surface area contributed by atoms with Crippen molar-refractivity contribution in [1.29, 1.82) is 0 Å². The summed E-state index contributed by atoms with van der Waals surface area (Å²) < 4.78 is 10.7. The van der Waals surface area contributed by atoms with Crippen LogP contribution in [0.3, 0.4) is 0 Å². The van der Waals surface area contributed by atoms with Gasteiger partial charge in [0.25, 0.3) is 0 Å². The second kappa shape index (κ2) is 3.35. The van der Waals surface area contributed by atoms with Gasteiger partial charge in [0.1, 0.15) is 13.2 Å². The van der Waals surface area contributed by atoms with Crippen molar-refractivity contribution in [3.63, 3.8) is 0 Å². The molecule has 0 bridgehead atoms. The molecule has 1 aliphatic heterocycles. The van der Waals surface area contributed by atoms with Gasteiger partial charge in [-0.3, -0.25) is 0 Å². The molecule has 1 aromatic rings. The molecule has 68 valence electrons. The van der Waals surface area contributed by atoms with Gasteiger partial charge in [0, 0.05) is 5.56 Å². The fourth-order valence-corrected chi connectivity index (χ4v) is 1.21. The number of hydrogen-bond donors (Lipinski definition) is 1. The van der Waals surface area contributed by atoms with Crippen molar-refractivity contribution >= 4 is 6.21 Å². The van der Waals surface area contributed by atoms with Gasteiger partial charge in [-0.25, -0.2) is 0 Å². The lowest BCUT2D eigenvalue weighted by atomic mass is 10.2. The molecule has 0 saturated heterocycles. The average Bonchev–Trinajstić information content (AvgIpc) is 2.18. The van der Waals surface area contributed by atoms with Crippen LogP contribution in [0.15, 0.2) is 23.4 Å². The molecule has 0 amide bonds. The van der Waals surface area contributed by atoms with Crippen molar-refractivity contribution in [3.05, 3.63) is 23.8 Å². The number of oxime groups is 1. The molecule has 4 nitrogen and oxygen atoms in total. The van der Waals surface area contributed by atoms with E-state index >= 15 is 0 Å². The molecule has 0 saturated carbocycles. The second-order valence-electron chi connectivity index (χ2n) is 2.65. The molecule has 1 aliphatic rings. The standard InChI is InChI=1S/C9H9NO3/c11-10-6-7-1-2-8-9(5-7)13-4-3-12-8/h1-2,5-6,11H,3-4H2/b10-6+. The summed E-state index contributed by atoms with van der Waals surface area (Å²) in [5, 5.41) is 11.3. The Labute approximate surface area is 75.4 Å². The SMILES string of the molecule is O/N=C/c1ccc2c(c1)OCCO2. The van der Waals surface area contributed by atoms with E-state index in [-0.39, 0.29) is 0 Å². The fraction of sp³-hybridized carbons (Fsp3) is 0.222. The summed E-state index contributed by atoms with van der Waals surface area (Å²) in [6.45, 7) is 1.15. The van der Waals surface area contributed by atoms with Crippen molar-refractivity contribution in [2.45, 2.75) is 0 Å². The topological polar surface area (TPSA) is 51.1 Å². The van der Waals surface area contributed by atoms with E-state index in [1.807, 2.05) is 0 Å². The lowest BCUT2D eigenvalue weighted by molar-refractivity contribution is 0.171. The molecule has 0 radical (unpaired) electrons. The largest absolute Gasteiger partial charge is 0.486 e. The maximum atomic E-state index is 8.32. The highest BCUT2D eigenvalue weighted by molar-refractivity contribution is 5.80. The van der Waals surface area contributed by atoms with E-state index in [1.54, 1.807) is 18.2 Å². The Hall–Kier alpha value is -1.71. The van der Waals surface area contributed by atoms with Gasteiger partial charge in [-0.2, -0.15) is 0 Å². The predicted octanol–water partition coefficient (Wildman–Crippen LogP) is 1.27. The molecule has 13 heavy (non-hydrogen) atoms. The second-order valence-corrected chi connectivity index (χ2v) is 2.65. The Balaban J connectivity index is 2.35. The van der Waals surface area contributed by atoms with Gasteiger partial charge >= 0.3 is 0 Å². The summed E-state index contributed by atoms with van der Waals surface area (Å²) in [6, 6.07) is 5.37. The number of benzene rings is 1. The van der Waals surface area contributed by atoms with Gasteiger partial charge in [-0.15, -0.1) is 0 Å². The van der Waals surface area contributed by atoms with Gasteiger partial charge in [-0.05, 0) is 18.2 Å². The summed E-state index contributed by atoms with van der Waals surface area (Å²) in [5.74, 6) is 1.44. The van der Waals surface area contributed by atoms with Crippen LogP contribution in [0.5, 0.6) is 11.5 Å².